The van der Waals surface area contributed by atoms with Crippen LogP contribution in [0.5, 0.6) is 0 Å². The third-order valence-electron chi connectivity index (χ3n) is 2.42. The molecule has 2 atom stereocenters. The first-order chi connectivity index (χ1) is 6.86. The molecule has 1 fully saturated rings. The van der Waals surface area contributed by atoms with Gasteiger partial charge >= 0.3 is 0 Å². The third-order valence-corrected chi connectivity index (χ3v) is 2.42. The largest absolute Gasteiger partial charge is 0.395 e. The molecule has 1 heterocycles. The predicted octanol–water partition coefficient (Wildman–Crippen LogP) is 0.152. The zero-order valence-electron chi connectivity index (χ0n) is 8.87. The van der Waals surface area contributed by atoms with Gasteiger partial charge in [0.05, 0.1) is 19.3 Å². The van der Waals surface area contributed by atoms with Gasteiger partial charge in [0.1, 0.15) is 0 Å². The Morgan fingerprint density at radius 3 is 3.07 bits per heavy atom. The zero-order chi connectivity index (χ0) is 10.2. The summed E-state index contributed by atoms with van der Waals surface area (Å²) in [6.07, 6.45) is 2.14. The Morgan fingerprint density at radius 1 is 1.64 bits per heavy atom. The van der Waals surface area contributed by atoms with Crippen LogP contribution in [0.3, 0.4) is 0 Å². The lowest BCUT2D eigenvalue weighted by Gasteiger charge is -2.16. The maximum atomic E-state index is 9.01. The Morgan fingerprint density at radius 2 is 2.50 bits per heavy atom. The average Bonchev–Trinajstić information content (AvgIpc) is 2.69. The van der Waals surface area contributed by atoms with Crippen molar-refractivity contribution in [3.63, 3.8) is 0 Å². The number of hydrogen-bond acceptors (Lipinski definition) is 4. The minimum Gasteiger partial charge on any atom is -0.395 e. The van der Waals surface area contributed by atoms with Crippen molar-refractivity contribution in [1.82, 2.24) is 5.32 Å². The van der Waals surface area contributed by atoms with Crippen LogP contribution in [0.1, 0.15) is 19.8 Å². The molecule has 1 saturated heterocycles. The van der Waals surface area contributed by atoms with Crippen LogP contribution in [0.15, 0.2) is 0 Å². The number of aliphatic hydroxyl groups is 1. The van der Waals surface area contributed by atoms with Crippen molar-refractivity contribution in [3.8, 4) is 0 Å². The molecule has 2 unspecified atom stereocenters. The number of nitrogens with one attached hydrogen (secondary N) is 1. The number of aliphatic hydroxyl groups excluding tert-OH is 1. The molecule has 0 saturated carbocycles. The second kappa shape index (κ2) is 7.17. The molecule has 4 heteroatoms. The molecule has 0 aromatic heterocycles. The third kappa shape index (κ3) is 4.37. The van der Waals surface area contributed by atoms with Gasteiger partial charge in [-0.05, 0) is 19.4 Å². The first-order valence-electron chi connectivity index (χ1n) is 5.40. The van der Waals surface area contributed by atoms with Crippen LogP contribution in [0.25, 0.3) is 0 Å². The molecule has 0 aliphatic carbocycles. The highest BCUT2D eigenvalue weighted by molar-refractivity contribution is 4.66. The van der Waals surface area contributed by atoms with Crippen LogP contribution in [0.4, 0.5) is 0 Å². The zero-order valence-corrected chi connectivity index (χ0v) is 8.87. The van der Waals surface area contributed by atoms with E-state index < -0.39 is 0 Å². The Kier molecular flexibility index (Phi) is 6.10. The van der Waals surface area contributed by atoms with Gasteiger partial charge < -0.3 is 19.9 Å². The molecule has 0 amide bonds. The first-order valence-corrected chi connectivity index (χ1v) is 5.40. The van der Waals surface area contributed by atoms with Gasteiger partial charge in [-0.2, -0.15) is 0 Å². The van der Waals surface area contributed by atoms with Crippen molar-refractivity contribution in [1.29, 1.82) is 0 Å². The lowest BCUT2D eigenvalue weighted by molar-refractivity contribution is 0.0348. The van der Waals surface area contributed by atoms with Crippen molar-refractivity contribution in [2.45, 2.75) is 31.9 Å². The fourth-order valence-electron chi connectivity index (χ4n) is 1.57. The van der Waals surface area contributed by atoms with Gasteiger partial charge in [0.2, 0.25) is 0 Å². The summed E-state index contributed by atoms with van der Waals surface area (Å²) in [5.41, 5.74) is 0. The standard InChI is InChI=1S/C10H21NO3/c1-2-11-9(7-12)3-6-14-10-4-5-13-8-10/h9-12H,2-8H2,1H3. The summed E-state index contributed by atoms with van der Waals surface area (Å²) < 4.78 is 10.8. The number of ether oxygens (including phenoxy) is 2. The topological polar surface area (TPSA) is 50.7 Å². The lowest BCUT2D eigenvalue weighted by atomic mass is 10.2. The van der Waals surface area contributed by atoms with Gasteiger partial charge in [-0.15, -0.1) is 0 Å². The molecule has 84 valence electrons. The van der Waals surface area contributed by atoms with Gasteiger partial charge in [-0.25, -0.2) is 0 Å². The lowest BCUT2D eigenvalue weighted by Crippen LogP contribution is -2.33. The molecule has 4 nitrogen and oxygen atoms in total. The van der Waals surface area contributed by atoms with E-state index in [2.05, 4.69) is 5.32 Å². The SMILES string of the molecule is CCNC(CO)CCOC1CCOC1. The van der Waals surface area contributed by atoms with Crippen molar-refractivity contribution < 1.29 is 14.6 Å². The fraction of sp³-hybridized carbons (Fsp3) is 1.00. The van der Waals surface area contributed by atoms with Crippen molar-refractivity contribution >= 4 is 0 Å². The Balaban J connectivity index is 2.00. The monoisotopic (exact) mass is 203 g/mol. The van der Waals surface area contributed by atoms with E-state index in [1.165, 1.54) is 0 Å². The maximum absolute atomic E-state index is 9.01. The minimum absolute atomic E-state index is 0.169. The van der Waals surface area contributed by atoms with Crippen LogP contribution in [0.2, 0.25) is 0 Å². The molecule has 14 heavy (non-hydrogen) atoms. The van der Waals surface area contributed by atoms with Crippen molar-refractivity contribution in [3.05, 3.63) is 0 Å². The molecule has 1 aliphatic rings. The minimum atomic E-state index is 0.169. The highest BCUT2D eigenvalue weighted by atomic mass is 16.5. The molecule has 0 radical (unpaired) electrons. The second-order valence-electron chi connectivity index (χ2n) is 3.58. The summed E-state index contributed by atoms with van der Waals surface area (Å²) in [6.45, 7) is 5.35. The van der Waals surface area contributed by atoms with Crippen LogP contribution in [-0.4, -0.2) is 50.2 Å². The van der Waals surface area contributed by atoms with Crippen molar-refractivity contribution in [2.24, 2.45) is 0 Å². The average molecular weight is 203 g/mol. The quantitative estimate of drug-likeness (QED) is 0.618. The van der Waals surface area contributed by atoms with Crippen LogP contribution in [0, 0.1) is 0 Å². The summed E-state index contributed by atoms with van der Waals surface area (Å²) in [4.78, 5) is 0. The molecule has 0 aromatic carbocycles. The number of hydrogen-bond donors (Lipinski definition) is 2. The van der Waals surface area contributed by atoms with E-state index in [0.29, 0.717) is 6.61 Å². The van der Waals surface area contributed by atoms with E-state index in [4.69, 9.17) is 14.6 Å². The molecule has 0 bridgehead atoms. The number of rotatable bonds is 7. The molecule has 0 aromatic rings. The van der Waals surface area contributed by atoms with E-state index in [-0.39, 0.29) is 18.8 Å². The Hall–Kier alpha value is -0.160. The summed E-state index contributed by atoms with van der Waals surface area (Å²) in [6, 6.07) is 0.169. The predicted molar refractivity (Wildman–Crippen MR) is 54.3 cm³/mol. The molecule has 0 spiro atoms. The summed E-state index contributed by atoms with van der Waals surface area (Å²) in [5, 5.41) is 12.2. The van der Waals surface area contributed by atoms with E-state index in [1.54, 1.807) is 0 Å². The maximum Gasteiger partial charge on any atom is 0.0830 e. The highest BCUT2D eigenvalue weighted by Gasteiger charge is 2.16. The van der Waals surface area contributed by atoms with Crippen LogP contribution >= 0.6 is 0 Å². The van der Waals surface area contributed by atoms with E-state index in [0.717, 1.165) is 32.6 Å². The van der Waals surface area contributed by atoms with Gasteiger partial charge in [0.25, 0.3) is 0 Å². The fourth-order valence-corrected chi connectivity index (χ4v) is 1.57. The molecular weight excluding hydrogens is 182 g/mol. The van der Waals surface area contributed by atoms with Crippen molar-refractivity contribution in [2.75, 3.05) is 33.0 Å². The van der Waals surface area contributed by atoms with Gasteiger partial charge in [-0.3, -0.25) is 0 Å². The van der Waals surface area contributed by atoms with Crippen LogP contribution < -0.4 is 5.32 Å². The van der Waals surface area contributed by atoms with Gasteiger partial charge in [-0.1, -0.05) is 6.92 Å². The normalized spacial score (nSPS) is 24.0. The molecule has 2 N–H and O–H groups in total. The summed E-state index contributed by atoms with van der Waals surface area (Å²) >= 11 is 0. The smallest absolute Gasteiger partial charge is 0.0830 e. The number of likely N-dealkylation sites (N-methyl/N-ethyl adjacent to an activating group) is 1. The molecule has 1 rings (SSSR count). The Bertz CT molecular complexity index is 137. The highest BCUT2D eigenvalue weighted by Crippen LogP contribution is 2.08. The van der Waals surface area contributed by atoms with E-state index in [9.17, 15) is 0 Å². The molecule has 1 aliphatic heterocycles. The van der Waals surface area contributed by atoms with E-state index >= 15 is 0 Å². The van der Waals surface area contributed by atoms with Gasteiger partial charge in [0, 0.05) is 19.3 Å². The van der Waals surface area contributed by atoms with Gasteiger partial charge in [0.15, 0.2) is 0 Å². The van der Waals surface area contributed by atoms with Crippen LogP contribution in [-0.2, 0) is 9.47 Å². The molecular formula is C10H21NO3. The Labute approximate surface area is 85.6 Å². The van der Waals surface area contributed by atoms with E-state index in [1.807, 2.05) is 6.92 Å². The summed E-state index contributed by atoms with van der Waals surface area (Å²) in [7, 11) is 0. The summed E-state index contributed by atoms with van der Waals surface area (Å²) in [5.74, 6) is 0. The second-order valence-corrected chi connectivity index (χ2v) is 3.58. The first kappa shape index (κ1) is 11.9.